The highest BCUT2D eigenvalue weighted by molar-refractivity contribution is 5.48. The predicted octanol–water partition coefficient (Wildman–Crippen LogP) is 2.85. The van der Waals surface area contributed by atoms with Crippen LogP contribution in [0.3, 0.4) is 0 Å². The van der Waals surface area contributed by atoms with E-state index in [9.17, 15) is 0 Å². The second kappa shape index (κ2) is 7.28. The van der Waals surface area contributed by atoms with Gasteiger partial charge in [0.25, 0.3) is 0 Å². The first-order valence-corrected chi connectivity index (χ1v) is 8.18. The number of hydrogen-bond acceptors (Lipinski definition) is 3. The van der Waals surface area contributed by atoms with Gasteiger partial charge in [-0.1, -0.05) is 0 Å². The lowest BCUT2D eigenvalue weighted by Crippen LogP contribution is -2.44. The van der Waals surface area contributed by atoms with Crippen LogP contribution < -0.4 is 10.1 Å². The number of nitrogens with one attached hydrogen (secondary N) is 1. The van der Waals surface area contributed by atoms with Crippen LogP contribution in [0.15, 0.2) is 6.07 Å². The first kappa shape index (κ1) is 16.3. The first-order chi connectivity index (χ1) is 9.99. The van der Waals surface area contributed by atoms with Gasteiger partial charge < -0.3 is 15.0 Å². The number of benzene rings is 1. The number of ether oxygens (including phenoxy) is 1. The largest absolute Gasteiger partial charge is 0.491 e. The van der Waals surface area contributed by atoms with Gasteiger partial charge in [-0.05, 0) is 69.4 Å². The van der Waals surface area contributed by atoms with Crippen LogP contribution in [0, 0.1) is 20.8 Å². The summed E-state index contributed by atoms with van der Waals surface area (Å²) in [6, 6.07) is 2.22. The zero-order valence-corrected chi connectivity index (χ0v) is 14.3. The average molecular weight is 290 g/mol. The van der Waals surface area contributed by atoms with E-state index in [1.807, 2.05) is 0 Å². The number of rotatable bonds is 5. The molecule has 3 heteroatoms. The molecule has 0 bridgehead atoms. The molecule has 1 aromatic rings. The molecule has 0 saturated carbocycles. The maximum absolute atomic E-state index is 5.94. The fourth-order valence-corrected chi connectivity index (χ4v) is 3.06. The fourth-order valence-electron chi connectivity index (χ4n) is 3.06. The van der Waals surface area contributed by atoms with Crippen LogP contribution in [0.2, 0.25) is 0 Å². The standard InChI is InChI=1S/C18H30N2O/c1-13(2)21-18-12-14(3)17(15(4)16(18)5)6-9-20-10-7-19-8-11-20/h12-13,19H,6-11H2,1-5H3. The van der Waals surface area contributed by atoms with Crippen molar-refractivity contribution in [2.24, 2.45) is 0 Å². The van der Waals surface area contributed by atoms with E-state index in [0.717, 1.165) is 31.8 Å². The molecule has 1 aliphatic rings. The van der Waals surface area contributed by atoms with Crippen molar-refractivity contribution in [3.63, 3.8) is 0 Å². The topological polar surface area (TPSA) is 24.5 Å². The van der Waals surface area contributed by atoms with E-state index in [2.05, 4.69) is 50.9 Å². The van der Waals surface area contributed by atoms with E-state index >= 15 is 0 Å². The van der Waals surface area contributed by atoms with Crippen molar-refractivity contribution in [2.45, 2.75) is 47.1 Å². The number of nitrogens with zero attached hydrogens (tertiary/aromatic N) is 1. The molecule has 1 aliphatic heterocycles. The third-order valence-electron chi connectivity index (χ3n) is 4.46. The average Bonchev–Trinajstić information content (AvgIpc) is 2.45. The molecule has 0 unspecified atom stereocenters. The van der Waals surface area contributed by atoms with Crippen molar-refractivity contribution in [2.75, 3.05) is 32.7 Å². The van der Waals surface area contributed by atoms with Gasteiger partial charge in [0.2, 0.25) is 0 Å². The molecule has 1 aromatic carbocycles. The van der Waals surface area contributed by atoms with Gasteiger partial charge in [0.05, 0.1) is 6.10 Å². The van der Waals surface area contributed by atoms with Crippen LogP contribution in [0.5, 0.6) is 5.75 Å². The summed E-state index contributed by atoms with van der Waals surface area (Å²) in [5, 5.41) is 3.41. The van der Waals surface area contributed by atoms with E-state index in [0.29, 0.717) is 0 Å². The molecule has 0 aromatic heterocycles. The number of aryl methyl sites for hydroxylation is 1. The van der Waals surface area contributed by atoms with E-state index in [1.54, 1.807) is 0 Å². The molecule has 0 aliphatic carbocycles. The Bertz CT molecular complexity index is 477. The first-order valence-electron chi connectivity index (χ1n) is 8.18. The van der Waals surface area contributed by atoms with Gasteiger partial charge in [-0.2, -0.15) is 0 Å². The Morgan fingerprint density at radius 1 is 1.14 bits per heavy atom. The van der Waals surface area contributed by atoms with Crippen LogP contribution in [0.1, 0.15) is 36.1 Å². The van der Waals surface area contributed by atoms with Crippen molar-refractivity contribution in [1.29, 1.82) is 0 Å². The molecule has 3 nitrogen and oxygen atoms in total. The lowest BCUT2D eigenvalue weighted by Gasteiger charge is -2.28. The van der Waals surface area contributed by atoms with E-state index in [4.69, 9.17) is 4.74 Å². The molecule has 1 fully saturated rings. The monoisotopic (exact) mass is 290 g/mol. The Morgan fingerprint density at radius 3 is 2.43 bits per heavy atom. The van der Waals surface area contributed by atoms with E-state index < -0.39 is 0 Å². The van der Waals surface area contributed by atoms with Crippen LogP contribution in [0.25, 0.3) is 0 Å². The molecular formula is C18H30N2O. The third-order valence-corrected chi connectivity index (χ3v) is 4.46. The summed E-state index contributed by atoms with van der Waals surface area (Å²) in [5.74, 6) is 1.05. The minimum Gasteiger partial charge on any atom is -0.491 e. The minimum atomic E-state index is 0.231. The molecule has 0 amide bonds. The second-order valence-electron chi connectivity index (χ2n) is 6.43. The van der Waals surface area contributed by atoms with Crippen molar-refractivity contribution in [1.82, 2.24) is 10.2 Å². The molecule has 1 N–H and O–H groups in total. The normalized spacial score (nSPS) is 16.5. The summed E-state index contributed by atoms with van der Waals surface area (Å²) in [7, 11) is 0. The van der Waals surface area contributed by atoms with Crippen molar-refractivity contribution in [3.05, 3.63) is 28.3 Å². The molecule has 2 rings (SSSR count). The second-order valence-corrected chi connectivity index (χ2v) is 6.43. The quantitative estimate of drug-likeness (QED) is 0.902. The Morgan fingerprint density at radius 2 is 1.81 bits per heavy atom. The maximum atomic E-state index is 5.94. The van der Waals surface area contributed by atoms with Crippen LogP contribution in [0.4, 0.5) is 0 Å². The SMILES string of the molecule is Cc1cc(OC(C)C)c(C)c(C)c1CCN1CCNCC1. The minimum absolute atomic E-state index is 0.231. The highest BCUT2D eigenvalue weighted by Gasteiger charge is 2.14. The summed E-state index contributed by atoms with van der Waals surface area (Å²) in [4.78, 5) is 2.56. The zero-order valence-electron chi connectivity index (χ0n) is 14.3. The Labute approximate surface area is 129 Å². The predicted molar refractivity (Wildman–Crippen MR) is 89.4 cm³/mol. The van der Waals surface area contributed by atoms with Gasteiger partial charge in [0.1, 0.15) is 5.75 Å². The van der Waals surface area contributed by atoms with Crippen molar-refractivity contribution in [3.8, 4) is 5.75 Å². The highest BCUT2D eigenvalue weighted by atomic mass is 16.5. The van der Waals surface area contributed by atoms with Gasteiger partial charge in [-0.25, -0.2) is 0 Å². The molecule has 1 saturated heterocycles. The van der Waals surface area contributed by atoms with Crippen molar-refractivity contribution < 1.29 is 4.74 Å². The summed E-state index contributed by atoms with van der Waals surface area (Å²) in [5.41, 5.74) is 5.57. The molecule has 0 atom stereocenters. The molecule has 21 heavy (non-hydrogen) atoms. The molecule has 1 heterocycles. The Kier molecular flexibility index (Phi) is 5.65. The molecular weight excluding hydrogens is 260 g/mol. The highest BCUT2D eigenvalue weighted by Crippen LogP contribution is 2.29. The lowest BCUT2D eigenvalue weighted by molar-refractivity contribution is 0.239. The van der Waals surface area contributed by atoms with E-state index in [-0.39, 0.29) is 6.10 Å². The maximum Gasteiger partial charge on any atom is 0.123 e. The van der Waals surface area contributed by atoms with Gasteiger partial charge in [-0.3, -0.25) is 0 Å². The third kappa shape index (κ3) is 4.21. The summed E-state index contributed by atoms with van der Waals surface area (Å²) in [6.45, 7) is 16.6. The Hall–Kier alpha value is -1.06. The summed E-state index contributed by atoms with van der Waals surface area (Å²) in [6.07, 6.45) is 1.37. The molecule has 0 spiro atoms. The number of hydrogen-bond donors (Lipinski definition) is 1. The van der Waals surface area contributed by atoms with Crippen LogP contribution in [-0.4, -0.2) is 43.7 Å². The van der Waals surface area contributed by atoms with Crippen LogP contribution >= 0.6 is 0 Å². The Balaban J connectivity index is 2.10. The van der Waals surface area contributed by atoms with Crippen LogP contribution in [-0.2, 0) is 6.42 Å². The summed E-state index contributed by atoms with van der Waals surface area (Å²) >= 11 is 0. The smallest absolute Gasteiger partial charge is 0.123 e. The molecule has 118 valence electrons. The van der Waals surface area contributed by atoms with E-state index in [1.165, 1.54) is 35.3 Å². The van der Waals surface area contributed by atoms with Gasteiger partial charge in [-0.15, -0.1) is 0 Å². The molecule has 0 radical (unpaired) electrons. The number of piperazine rings is 1. The lowest BCUT2D eigenvalue weighted by atomic mass is 9.95. The zero-order chi connectivity index (χ0) is 15.4. The van der Waals surface area contributed by atoms with Crippen molar-refractivity contribution >= 4 is 0 Å². The fraction of sp³-hybridized carbons (Fsp3) is 0.667. The van der Waals surface area contributed by atoms with Gasteiger partial charge in [0, 0.05) is 32.7 Å². The van der Waals surface area contributed by atoms with Gasteiger partial charge in [0.15, 0.2) is 0 Å². The van der Waals surface area contributed by atoms with Gasteiger partial charge >= 0.3 is 0 Å². The summed E-state index contributed by atoms with van der Waals surface area (Å²) < 4.78 is 5.94.